The Morgan fingerprint density at radius 1 is 1.22 bits per heavy atom. The molecule has 8 heteroatoms. The van der Waals surface area contributed by atoms with Crippen LogP contribution >= 0.6 is 22.6 Å². The number of nitrogens with two attached hydrogens (primary N) is 1. The highest BCUT2D eigenvalue weighted by atomic mass is 127. The fourth-order valence-corrected chi connectivity index (χ4v) is 2.18. The third kappa shape index (κ3) is 7.82. The molecule has 1 aromatic rings. The molecule has 3 amide bonds. The molecule has 0 aromatic heterocycles. The van der Waals surface area contributed by atoms with E-state index in [2.05, 4.69) is 33.2 Å². The predicted molar refractivity (Wildman–Crippen MR) is 94.7 cm³/mol. The lowest BCUT2D eigenvalue weighted by molar-refractivity contribution is -0.149. The number of rotatable bonds is 7. The van der Waals surface area contributed by atoms with Gasteiger partial charge in [0, 0.05) is 9.26 Å². The maximum Gasteiger partial charge on any atom is 0.329 e. The minimum absolute atomic E-state index is 0.153. The van der Waals surface area contributed by atoms with Crippen molar-refractivity contribution < 1.29 is 19.1 Å². The number of primary amides is 1. The number of nitrogens with one attached hydrogen (secondary N) is 2. The molecular weight excluding hydrogens is 413 g/mol. The summed E-state index contributed by atoms with van der Waals surface area (Å²) in [6, 6.07) is 5.51. The summed E-state index contributed by atoms with van der Waals surface area (Å²) in [6.45, 7) is 3.36. The van der Waals surface area contributed by atoms with Gasteiger partial charge in [-0.05, 0) is 59.2 Å². The van der Waals surface area contributed by atoms with E-state index in [-0.39, 0.29) is 5.92 Å². The molecule has 0 aliphatic carbocycles. The Morgan fingerprint density at radius 3 is 2.35 bits per heavy atom. The van der Waals surface area contributed by atoms with Gasteiger partial charge in [-0.15, -0.1) is 0 Å². The van der Waals surface area contributed by atoms with Crippen LogP contribution < -0.4 is 16.4 Å². The molecule has 0 saturated carbocycles. The number of carbonyl (C=O) groups excluding carboxylic acids is 3. The van der Waals surface area contributed by atoms with Crippen LogP contribution in [0.2, 0.25) is 0 Å². The first kappa shape index (κ1) is 19.2. The van der Waals surface area contributed by atoms with Crippen molar-refractivity contribution in [2.45, 2.75) is 26.3 Å². The summed E-state index contributed by atoms with van der Waals surface area (Å²) in [4.78, 5) is 34.6. The zero-order chi connectivity index (χ0) is 17.4. The standard InChI is InChI=1S/C15H20IN3O4/c1-9(2)7-12(19-15(17)22)14(21)23-8-13(20)18-11-5-3-10(16)4-6-11/h3-6,9,12H,7-8H2,1-2H3,(H,18,20)(H3,17,19,22)/t12-/m0/s1. The van der Waals surface area contributed by atoms with Crippen LogP contribution in [0.1, 0.15) is 20.3 Å². The van der Waals surface area contributed by atoms with Gasteiger partial charge in [-0.2, -0.15) is 0 Å². The largest absolute Gasteiger partial charge is 0.454 e. The molecule has 0 bridgehead atoms. The van der Waals surface area contributed by atoms with E-state index in [9.17, 15) is 14.4 Å². The van der Waals surface area contributed by atoms with Gasteiger partial charge in [-0.1, -0.05) is 13.8 Å². The van der Waals surface area contributed by atoms with Crippen molar-refractivity contribution in [1.82, 2.24) is 5.32 Å². The van der Waals surface area contributed by atoms with Crippen molar-refractivity contribution >= 4 is 46.2 Å². The van der Waals surface area contributed by atoms with Crippen molar-refractivity contribution in [3.63, 3.8) is 0 Å². The number of esters is 1. The third-order valence-electron chi connectivity index (χ3n) is 2.78. The van der Waals surface area contributed by atoms with E-state index < -0.39 is 30.6 Å². The Balaban J connectivity index is 2.50. The normalized spacial score (nSPS) is 11.7. The summed E-state index contributed by atoms with van der Waals surface area (Å²) in [6.07, 6.45) is 0.376. The van der Waals surface area contributed by atoms with Gasteiger partial charge in [-0.3, -0.25) is 4.79 Å². The second-order valence-electron chi connectivity index (χ2n) is 5.35. The molecule has 0 aliphatic rings. The Hall–Kier alpha value is -1.84. The van der Waals surface area contributed by atoms with Gasteiger partial charge in [-0.25, -0.2) is 9.59 Å². The fraction of sp³-hybridized carbons (Fsp3) is 0.400. The number of hydrogen-bond donors (Lipinski definition) is 3. The molecule has 0 aliphatic heterocycles. The van der Waals surface area contributed by atoms with Crippen LogP contribution in [-0.4, -0.2) is 30.6 Å². The lowest BCUT2D eigenvalue weighted by Gasteiger charge is -2.18. The van der Waals surface area contributed by atoms with Gasteiger partial charge >= 0.3 is 12.0 Å². The van der Waals surface area contributed by atoms with Crippen LogP contribution in [0.25, 0.3) is 0 Å². The molecule has 126 valence electrons. The highest BCUT2D eigenvalue weighted by Crippen LogP contribution is 2.11. The van der Waals surface area contributed by atoms with E-state index >= 15 is 0 Å². The first-order valence-electron chi connectivity index (χ1n) is 7.06. The molecule has 4 N–H and O–H groups in total. The van der Waals surface area contributed by atoms with E-state index in [0.29, 0.717) is 12.1 Å². The van der Waals surface area contributed by atoms with E-state index in [0.717, 1.165) is 3.57 Å². The molecule has 0 radical (unpaired) electrons. The van der Waals surface area contributed by atoms with Crippen molar-refractivity contribution in [2.24, 2.45) is 11.7 Å². The smallest absolute Gasteiger partial charge is 0.329 e. The maximum atomic E-state index is 11.9. The molecule has 0 unspecified atom stereocenters. The number of anilines is 1. The molecule has 1 rings (SSSR count). The summed E-state index contributed by atoms with van der Waals surface area (Å²) < 4.78 is 5.98. The molecule has 0 heterocycles. The van der Waals surface area contributed by atoms with Crippen molar-refractivity contribution in [3.05, 3.63) is 27.8 Å². The average Bonchev–Trinajstić information content (AvgIpc) is 2.45. The molecular formula is C15H20IN3O4. The van der Waals surface area contributed by atoms with Gasteiger partial charge < -0.3 is 21.1 Å². The van der Waals surface area contributed by atoms with Crippen LogP contribution in [0.15, 0.2) is 24.3 Å². The zero-order valence-electron chi connectivity index (χ0n) is 13.0. The minimum atomic E-state index is -0.862. The molecule has 23 heavy (non-hydrogen) atoms. The number of benzene rings is 1. The lowest BCUT2D eigenvalue weighted by Crippen LogP contribution is -2.45. The molecule has 1 aromatic carbocycles. The second-order valence-corrected chi connectivity index (χ2v) is 6.60. The number of amides is 3. The number of urea groups is 1. The maximum absolute atomic E-state index is 11.9. The van der Waals surface area contributed by atoms with Gasteiger partial charge in [0.05, 0.1) is 0 Å². The van der Waals surface area contributed by atoms with Crippen LogP contribution in [-0.2, 0) is 14.3 Å². The Kier molecular flexibility index (Phi) is 7.79. The summed E-state index contributed by atoms with van der Waals surface area (Å²) in [7, 11) is 0. The molecule has 7 nitrogen and oxygen atoms in total. The first-order chi connectivity index (χ1) is 10.8. The number of carbonyl (C=O) groups is 3. The van der Waals surface area contributed by atoms with Crippen LogP contribution in [0.5, 0.6) is 0 Å². The minimum Gasteiger partial charge on any atom is -0.454 e. The highest BCUT2D eigenvalue weighted by Gasteiger charge is 2.23. The zero-order valence-corrected chi connectivity index (χ0v) is 15.1. The molecule has 0 saturated heterocycles. The Bertz CT molecular complexity index is 560. The van der Waals surface area contributed by atoms with Gasteiger partial charge in [0.25, 0.3) is 5.91 Å². The summed E-state index contributed by atoms with van der Waals surface area (Å²) >= 11 is 2.15. The van der Waals surface area contributed by atoms with Crippen molar-refractivity contribution in [1.29, 1.82) is 0 Å². The van der Waals surface area contributed by atoms with Gasteiger partial charge in [0.15, 0.2) is 6.61 Å². The Labute approximate surface area is 148 Å². The SMILES string of the molecule is CC(C)C[C@H](NC(N)=O)C(=O)OCC(=O)Nc1ccc(I)cc1. The van der Waals surface area contributed by atoms with E-state index in [1.807, 2.05) is 26.0 Å². The predicted octanol–water partition coefficient (Wildman–Crippen LogP) is 1.86. The highest BCUT2D eigenvalue weighted by molar-refractivity contribution is 14.1. The van der Waals surface area contributed by atoms with Crippen molar-refractivity contribution in [2.75, 3.05) is 11.9 Å². The fourth-order valence-electron chi connectivity index (χ4n) is 1.82. The summed E-state index contributed by atoms with van der Waals surface area (Å²) in [5, 5.41) is 4.94. The summed E-state index contributed by atoms with van der Waals surface area (Å²) in [5.41, 5.74) is 5.65. The quantitative estimate of drug-likeness (QED) is 0.450. The number of hydrogen-bond acceptors (Lipinski definition) is 4. The Morgan fingerprint density at radius 2 is 1.83 bits per heavy atom. The molecule has 1 atom stereocenters. The molecule has 0 fully saturated rings. The number of halogens is 1. The summed E-state index contributed by atoms with van der Waals surface area (Å²) in [5.74, 6) is -0.989. The topological polar surface area (TPSA) is 111 Å². The second kappa shape index (κ2) is 9.33. The average molecular weight is 433 g/mol. The van der Waals surface area contributed by atoms with Gasteiger partial charge in [0.2, 0.25) is 0 Å². The van der Waals surface area contributed by atoms with Gasteiger partial charge in [0.1, 0.15) is 6.04 Å². The van der Waals surface area contributed by atoms with Crippen molar-refractivity contribution in [3.8, 4) is 0 Å². The van der Waals surface area contributed by atoms with E-state index in [1.54, 1.807) is 12.1 Å². The van der Waals surface area contributed by atoms with Crippen LogP contribution in [0.4, 0.5) is 10.5 Å². The molecule has 0 spiro atoms. The monoisotopic (exact) mass is 433 g/mol. The van der Waals surface area contributed by atoms with Crippen LogP contribution in [0.3, 0.4) is 0 Å². The third-order valence-corrected chi connectivity index (χ3v) is 3.50. The van der Waals surface area contributed by atoms with E-state index in [1.165, 1.54) is 0 Å². The lowest BCUT2D eigenvalue weighted by atomic mass is 10.0. The number of ether oxygens (including phenoxy) is 1. The van der Waals surface area contributed by atoms with Crippen LogP contribution in [0, 0.1) is 9.49 Å². The first-order valence-corrected chi connectivity index (χ1v) is 8.14. The van der Waals surface area contributed by atoms with E-state index in [4.69, 9.17) is 10.5 Å².